The fourth-order valence-corrected chi connectivity index (χ4v) is 3.41. The molecule has 1 rings (SSSR count). The van der Waals surface area contributed by atoms with Crippen LogP contribution in [-0.2, 0) is 14.3 Å². The van der Waals surface area contributed by atoms with E-state index in [1.165, 1.54) is 18.2 Å². The molecule has 1 heterocycles. The molecule has 1 aliphatic heterocycles. The van der Waals surface area contributed by atoms with Crippen molar-refractivity contribution in [2.75, 3.05) is 18.1 Å². The van der Waals surface area contributed by atoms with Gasteiger partial charge in [0.25, 0.3) is 0 Å². The largest absolute Gasteiger partial charge is 0.465 e. The van der Waals surface area contributed by atoms with E-state index < -0.39 is 12.0 Å². The number of hydrogen-bond donors (Lipinski definition) is 1. The number of amides is 1. The highest BCUT2D eigenvalue weighted by molar-refractivity contribution is 8.00. The summed E-state index contributed by atoms with van der Waals surface area (Å²) in [6.07, 6.45) is 3.33. The molecule has 0 aliphatic carbocycles. The van der Waals surface area contributed by atoms with E-state index in [0.717, 1.165) is 12.8 Å². The van der Waals surface area contributed by atoms with Crippen LogP contribution >= 0.6 is 11.8 Å². The molecule has 0 aromatic carbocycles. The summed E-state index contributed by atoms with van der Waals surface area (Å²) in [6.45, 7) is 6.28. The van der Waals surface area contributed by atoms with Crippen LogP contribution in [0.3, 0.4) is 0 Å². The molecular weight excluding hydrogens is 276 g/mol. The molecule has 3 unspecified atom stereocenters. The lowest BCUT2D eigenvalue weighted by Crippen LogP contribution is -2.48. The zero-order valence-electron chi connectivity index (χ0n) is 12.6. The summed E-state index contributed by atoms with van der Waals surface area (Å²) >= 11 is 1.40. The minimum Gasteiger partial charge on any atom is -0.465 e. The lowest BCUT2D eigenvalue weighted by molar-refractivity contribution is -0.144. The Balaban J connectivity index is 2.34. The predicted molar refractivity (Wildman–Crippen MR) is 81.6 cm³/mol. The van der Waals surface area contributed by atoms with Crippen molar-refractivity contribution in [1.29, 1.82) is 0 Å². The van der Waals surface area contributed by atoms with Gasteiger partial charge in [-0.05, 0) is 40.0 Å². The van der Waals surface area contributed by atoms with E-state index in [9.17, 15) is 9.59 Å². The van der Waals surface area contributed by atoms with E-state index in [-0.39, 0.29) is 5.91 Å². The van der Waals surface area contributed by atoms with Crippen molar-refractivity contribution in [3.8, 4) is 0 Å². The Bertz CT molecular complexity index is 328. The number of piperidine rings is 1. The molecule has 1 saturated heterocycles. The lowest BCUT2D eigenvalue weighted by Gasteiger charge is -2.39. The predicted octanol–water partition coefficient (Wildman–Crippen LogP) is 1.40. The number of carbonyl (C=O) groups excluding carboxylic acids is 2. The summed E-state index contributed by atoms with van der Waals surface area (Å²) in [5.41, 5.74) is 5.70. The molecule has 20 heavy (non-hydrogen) atoms. The van der Waals surface area contributed by atoms with E-state index >= 15 is 0 Å². The van der Waals surface area contributed by atoms with Crippen LogP contribution in [0.5, 0.6) is 0 Å². The number of likely N-dealkylation sites (tertiary alicyclic amines) is 1. The molecule has 0 spiro atoms. The molecular formula is C14H26N2O3S. The average Bonchev–Trinajstić information content (AvgIpc) is 2.38. The number of ether oxygens (including phenoxy) is 1. The molecule has 1 aliphatic rings. The third-order valence-corrected chi connectivity index (χ3v) is 4.64. The minimum atomic E-state index is -0.649. The molecule has 0 bridgehead atoms. The number of hydrogen-bond acceptors (Lipinski definition) is 5. The third kappa shape index (κ3) is 4.98. The Morgan fingerprint density at radius 3 is 2.50 bits per heavy atom. The highest BCUT2D eigenvalue weighted by Gasteiger charge is 2.28. The fraction of sp³-hybridized carbons (Fsp3) is 0.857. The number of rotatable bonds is 6. The van der Waals surface area contributed by atoms with Crippen molar-refractivity contribution in [2.24, 2.45) is 5.73 Å². The topological polar surface area (TPSA) is 72.6 Å². The van der Waals surface area contributed by atoms with Crippen molar-refractivity contribution >= 4 is 23.6 Å². The first kappa shape index (κ1) is 17.3. The van der Waals surface area contributed by atoms with E-state index in [2.05, 4.69) is 13.8 Å². The van der Waals surface area contributed by atoms with Crippen LogP contribution in [0.4, 0.5) is 0 Å². The van der Waals surface area contributed by atoms with Crippen molar-refractivity contribution < 1.29 is 14.3 Å². The molecule has 6 heteroatoms. The summed E-state index contributed by atoms with van der Waals surface area (Å²) in [4.78, 5) is 25.6. The van der Waals surface area contributed by atoms with E-state index in [1.807, 2.05) is 4.90 Å². The molecule has 0 aromatic rings. The summed E-state index contributed by atoms with van der Waals surface area (Å²) in [5, 5.41) is 0. The summed E-state index contributed by atoms with van der Waals surface area (Å²) in [5.74, 6) is 0.543. The van der Waals surface area contributed by atoms with Crippen LogP contribution in [0, 0.1) is 0 Å². The fourth-order valence-electron chi connectivity index (χ4n) is 2.58. The second-order valence-electron chi connectivity index (χ2n) is 5.30. The molecule has 116 valence electrons. The van der Waals surface area contributed by atoms with Crippen LogP contribution < -0.4 is 5.73 Å². The zero-order chi connectivity index (χ0) is 15.1. The molecule has 3 atom stereocenters. The molecule has 0 aromatic heterocycles. The van der Waals surface area contributed by atoms with Crippen molar-refractivity contribution in [3.63, 3.8) is 0 Å². The number of nitrogens with zero attached hydrogens (tertiary/aromatic N) is 1. The van der Waals surface area contributed by atoms with Gasteiger partial charge >= 0.3 is 5.97 Å². The number of thioether (sulfide) groups is 1. The van der Waals surface area contributed by atoms with Crippen LogP contribution in [0.25, 0.3) is 0 Å². The van der Waals surface area contributed by atoms with Gasteiger partial charge < -0.3 is 15.4 Å². The highest BCUT2D eigenvalue weighted by atomic mass is 32.2. The molecule has 2 N–H and O–H groups in total. The monoisotopic (exact) mass is 302 g/mol. The maximum atomic E-state index is 12.2. The average molecular weight is 302 g/mol. The first-order valence-corrected chi connectivity index (χ1v) is 8.44. The van der Waals surface area contributed by atoms with Gasteiger partial charge in [0.2, 0.25) is 5.91 Å². The Morgan fingerprint density at radius 1 is 1.35 bits per heavy atom. The summed E-state index contributed by atoms with van der Waals surface area (Å²) < 4.78 is 4.84. The number of carbonyl (C=O) groups is 2. The van der Waals surface area contributed by atoms with Crippen LogP contribution in [-0.4, -0.2) is 53.0 Å². The SMILES string of the molecule is CCOC(=O)C(N)CSCC(=O)N1C(C)CCCC1C. The van der Waals surface area contributed by atoms with Gasteiger partial charge in [0.05, 0.1) is 12.4 Å². The molecule has 1 fully saturated rings. The lowest BCUT2D eigenvalue weighted by atomic mass is 9.98. The minimum absolute atomic E-state index is 0.144. The first-order chi connectivity index (χ1) is 9.47. The van der Waals surface area contributed by atoms with Crippen molar-refractivity contribution in [3.05, 3.63) is 0 Å². The Labute approximate surface area is 125 Å². The van der Waals surface area contributed by atoms with Gasteiger partial charge in [0, 0.05) is 17.8 Å². The number of nitrogens with two attached hydrogens (primary N) is 1. The Kier molecular flexibility index (Phi) is 7.37. The van der Waals surface area contributed by atoms with Gasteiger partial charge in [-0.15, -0.1) is 11.8 Å². The normalized spacial score (nSPS) is 24.3. The smallest absolute Gasteiger partial charge is 0.323 e. The summed E-state index contributed by atoms with van der Waals surface area (Å²) in [7, 11) is 0. The summed E-state index contributed by atoms with van der Waals surface area (Å²) in [6, 6.07) is -0.0277. The van der Waals surface area contributed by atoms with E-state index in [4.69, 9.17) is 10.5 Å². The Hall–Kier alpha value is -0.750. The molecule has 5 nitrogen and oxygen atoms in total. The van der Waals surface area contributed by atoms with Crippen LogP contribution in [0.15, 0.2) is 0 Å². The zero-order valence-corrected chi connectivity index (χ0v) is 13.4. The van der Waals surface area contributed by atoms with Crippen molar-refractivity contribution in [1.82, 2.24) is 4.90 Å². The second-order valence-corrected chi connectivity index (χ2v) is 6.33. The van der Waals surface area contributed by atoms with Crippen LogP contribution in [0.2, 0.25) is 0 Å². The standard InChI is InChI=1S/C14H26N2O3S/c1-4-19-14(18)12(15)8-20-9-13(17)16-10(2)6-5-7-11(16)3/h10-12H,4-9,15H2,1-3H3. The third-order valence-electron chi connectivity index (χ3n) is 3.59. The van der Waals surface area contributed by atoms with Gasteiger partial charge in [-0.25, -0.2) is 0 Å². The van der Waals surface area contributed by atoms with Gasteiger partial charge in [0.1, 0.15) is 6.04 Å². The number of esters is 1. The first-order valence-electron chi connectivity index (χ1n) is 7.28. The maximum absolute atomic E-state index is 12.2. The maximum Gasteiger partial charge on any atom is 0.323 e. The van der Waals surface area contributed by atoms with E-state index in [0.29, 0.717) is 30.2 Å². The van der Waals surface area contributed by atoms with Gasteiger partial charge in [-0.3, -0.25) is 9.59 Å². The van der Waals surface area contributed by atoms with Gasteiger partial charge in [-0.2, -0.15) is 0 Å². The second kappa shape index (κ2) is 8.52. The quantitative estimate of drug-likeness (QED) is 0.751. The van der Waals surface area contributed by atoms with Crippen LogP contribution in [0.1, 0.15) is 40.0 Å². The van der Waals surface area contributed by atoms with Crippen molar-refractivity contribution in [2.45, 2.75) is 58.2 Å². The molecule has 0 saturated carbocycles. The molecule has 1 amide bonds. The highest BCUT2D eigenvalue weighted by Crippen LogP contribution is 2.23. The Morgan fingerprint density at radius 2 is 1.95 bits per heavy atom. The van der Waals surface area contributed by atoms with Gasteiger partial charge in [-0.1, -0.05) is 0 Å². The van der Waals surface area contributed by atoms with Gasteiger partial charge in [0.15, 0.2) is 0 Å². The molecule has 0 radical (unpaired) electrons. The van der Waals surface area contributed by atoms with E-state index in [1.54, 1.807) is 6.92 Å².